The normalized spacial score (nSPS) is 13.2. The van der Waals surface area contributed by atoms with Crippen LogP contribution < -0.4 is 5.73 Å². The fourth-order valence-corrected chi connectivity index (χ4v) is 7.08. The summed E-state index contributed by atoms with van der Waals surface area (Å²) in [7, 11) is -17.2. The number of phenolic OH excluding ortho intramolecular Hbond substituents is 1. The molecule has 250 valence electrons. The predicted octanol–water partition coefficient (Wildman–Crippen LogP) is 4.59. The third-order valence-corrected chi connectivity index (χ3v) is 11.2. The lowest BCUT2D eigenvalue weighted by molar-refractivity contribution is 0.284. The Morgan fingerprint density at radius 1 is 0.723 bits per heavy atom. The van der Waals surface area contributed by atoms with E-state index in [2.05, 4.69) is 24.6 Å². The number of benzene rings is 4. The summed E-state index contributed by atoms with van der Waals surface area (Å²) in [4.78, 5) is -0.908. The van der Waals surface area contributed by atoms with Crippen molar-refractivity contribution in [1.29, 1.82) is 0 Å². The van der Waals surface area contributed by atoms with E-state index in [-0.39, 0.29) is 43.4 Å². The van der Waals surface area contributed by atoms with E-state index in [1.54, 1.807) is 0 Å². The molecule has 21 heteroatoms. The van der Waals surface area contributed by atoms with E-state index in [9.17, 15) is 43.3 Å². The number of rotatable bonds is 12. The molecule has 0 fully saturated rings. The Labute approximate surface area is 269 Å². The Balaban J connectivity index is 1.68. The number of phenols is 1. The van der Waals surface area contributed by atoms with E-state index in [1.807, 2.05) is 0 Å². The number of fused-ring (bicyclic) bond motifs is 1. The predicted molar refractivity (Wildman–Crippen MR) is 168 cm³/mol. The number of aromatic hydroxyl groups is 1. The number of nitrogens with zero attached hydrogens (tertiary/aromatic N) is 4. The summed E-state index contributed by atoms with van der Waals surface area (Å²) >= 11 is 0. The molecule has 0 amide bonds. The molecule has 0 aromatic heterocycles. The van der Waals surface area contributed by atoms with Crippen molar-refractivity contribution in [2.75, 3.05) is 23.8 Å². The van der Waals surface area contributed by atoms with Crippen molar-refractivity contribution in [2.24, 2.45) is 20.5 Å². The van der Waals surface area contributed by atoms with Crippen molar-refractivity contribution in [3.63, 3.8) is 0 Å². The molecule has 47 heavy (non-hydrogen) atoms. The maximum Gasteiger partial charge on any atom is 0.397 e. The second-order valence-electron chi connectivity index (χ2n) is 9.50. The fraction of sp³-hybridized carbons (Fsp3) is 0.154. The van der Waals surface area contributed by atoms with Crippen LogP contribution in [0, 0.1) is 0 Å². The third-order valence-electron chi connectivity index (χ3n) is 6.41. The van der Waals surface area contributed by atoms with Crippen molar-refractivity contribution in [1.82, 2.24) is 0 Å². The zero-order chi connectivity index (χ0) is 34.8. The Hall–Kier alpha value is -4.38. The molecule has 0 aliphatic carbocycles. The monoisotopic (exact) mass is 727 g/mol. The van der Waals surface area contributed by atoms with Crippen molar-refractivity contribution in [3.05, 3.63) is 66.7 Å². The van der Waals surface area contributed by atoms with E-state index in [4.69, 9.17) is 10.3 Å². The van der Waals surface area contributed by atoms with Gasteiger partial charge in [-0.15, -0.1) is 10.2 Å². The highest BCUT2D eigenvalue weighted by Crippen LogP contribution is 2.45. The van der Waals surface area contributed by atoms with E-state index >= 15 is 0 Å². The molecular formula is C26H25N5O12S4. The van der Waals surface area contributed by atoms with E-state index in [1.165, 1.54) is 55.5 Å². The average molecular weight is 728 g/mol. The Bertz CT molecular complexity index is 2340. The molecule has 0 unspecified atom stereocenters. The minimum Gasteiger partial charge on any atom is -0.505 e. The molecule has 4 aromatic carbocycles. The van der Waals surface area contributed by atoms with Gasteiger partial charge in [0.05, 0.1) is 50.4 Å². The molecular weight excluding hydrogens is 703 g/mol. The Morgan fingerprint density at radius 2 is 1.26 bits per heavy atom. The number of anilines is 1. The molecule has 5 N–H and O–H groups in total. The highest BCUT2D eigenvalue weighted by molar-refractivity contribution is 7.91. The quantitative estimate of drug-likeness (QED) is 0.0883. The zero-order valence-electron chi connectivity index (χ0n) is 24.0. The van der Waals surface area contributed by atoms with Crippen LogP contribution in [0.5, 0.6) is 5.75 Å². The number of sulfone groups is 2. The second kappa shape index (κ2) is 13.4. The fourth-order valence-electron chi connectivity index (χ4n) is 4.03. The van der Waals surface area contributed by atoms with E-state index < -0.39 is 74.6 Å². The van der Waals surface area contributed by atoms with Crippen LogP contribution >= 0.6 is 0 Å². The third kappa shape index (κ3) is 8.51. The molecule has 0 radical (unpaired) electrons. The molecule has 0 saturated carbocycles. The van der Waals surface area contributed by atoms with Gasteiger partial charge in [0, 0.05) is 0 Å². The van der Waals surface area contributed by atoms with E-state index in [0.717, 1.165) is 18.2 Å². The lowest BCUT2D eigenvalue weighted by atomic mass is 10.1. The number of hydrogen-bond donors (Lipinski definition) is 4. The van der Waals surface area contributed by atoms with Gasteiger partial charge >= 0.3 is 10.4 Å². The Morgan fingerprint density at radius 3 is 1.77 bits per heavy atom. The summed E-state index contributed by atoms with van der Waals surface area (Å²) in [6.45, 7) is 0.673. The lowest BCUT2D eigenvalue weighted by Crippen LogP contribution is -2.15. The van der Waals surface area contributed by atoms with Gasteiger partial charge in [-0.2, -0.15) is 27.1 Å². The number of nitrogens with two attached hydrogens (primary N) is 1. The van der Waals surface area contributed by atoms with Crippen LogP contribution in [0.1, 0.15) is 6.92 Å². The lowest BCUT2D eigenvalue weighted by Gasteiger charge is -2.12. The smallest absolute Gasteiger partial charge is 0.397 e. The van der Waals surface area contributed by atoms with Crippen LogP contribution in [0.15, 0.2) is 102 Å². The first-order valence-corrected chi connectivity index (χ1v) is 19.1. The van der Waals surface area contributed by atoms with E-state index in [0.29, 0.717) is 0 Å². The van der Waals surface area contributed by atoms with Crippen molar-refractivity contribution < 1.29 is 52.1 Å². The first-order valence-electron chi connectivity index (χ1n) is 13.0. The largest absolute Gasteiger partial charge is 0.505 e. The van der Waals surface area contributed by atoms with Gasteiger partial charge in [0.2, 0.25) is 0 Å². The Kier molecular flexibility index (Phi) is 10.1. The first kappa shape index (κ1) is 35.5. The van der Waals surface area contributed by atoms with Crippen LogP contribution in [0.3, 0.4) is 0 Å². The van der Waals surface area contributed by atoms with Crippen LogP contribution in [0.25, 0.3) is 10.8 Å². The minimum absolute atomic E-state index is 0.00319. The summed E-state index contributed by atoms with van der Waals surface area (Å²) in [6, 6.07) is 13.8. The SMILES string of the molecule is CCS(=O)(=O)c1ccc(N=Nc2ccc3cc(S(=O)(=O)O)c(N=Nc4ccc(S(=O)(=O)CCOS(=O)(=O)O)cc4)c(N)c3c2O)cc1. The summed E-state index contributed by atoms with van der Waals surface area (Å²) in [6.07, 6.45) is 0. The maximum absolute atomic E-state index is 12.4. The van der Waals surface area contributed by atoms with Crippen molar-refractivity contribution >= 4 is 79.4 Å². The summed E-state index contributed by atoms with van der Waals surface area (Å²) < 4.78 is 117. The first-order chi connectivity index (χ1) is 21.8. The van der Waals surface area contributed by atoms with Crippen LogP contribution in [0.2, 0.25) is 0 Å². The molecule has 0 saturated heterocycles. The minimum atomic E-state index is -4.93. The number of hydrogen-bond acceptors (Lipinski definition) is 15. The van der Waals surface area contributed by atoms with Crippen molar-refractivity contribution in [3.8, 4) is 5.75 Å². The second-order valence-corrected chi connectivity index (χ2v) is 16.4. The topological polar surface area (TPSA) is 282 Å². The van der Waals surface area contributed by atoms with Crippen LogP contribution in [0.4, 0.5) is 28.4 Å². The number of nitrogen functional groups attached to an aromatic ring is 1. The molecule has 4 rings (SSSR count). The van der Waals surface area contributed by atoms with Gasteiger partial charge in [0.1, 0.15) is 16.3 Å². The van der Waals surface area contributed by atoms with Crippen molar-refractivity contribution in [2.45, 2.75) is 21.6 Å². The maximum atomic E-state index is 12.4. The van der Waals surface area contributed by atoms with Gasteiger partial charge in [0.15, 0.2) is 25.4 Å². The van der Waals surface area contributed by atoms with Gasteiger partial charge in [0.25, 0.3) is 10.1 Å². The standard InChI is InChI=1S/C26H25N5O12S4/c1-2-44(33,34)19-8-4-17(5-9-19)28-30-21-12-3-16-15-22(46(37,38)39)25(24(27)23(16)26(21)32)31-29-18-6-10-20(11-7-18)45(35,36)14-13-43-47(40,41)42/h3-12,15,32H,2,13-14,27H2,1H3,(H,37,38,39)(H,40,41,42). The molecule has 0 bridgehead atoms. The van der Waals surface area contributed by atoms with Gasteiger partial charge in [-0.25, -0.2) is 21.0 Å². The highest BCUT2D eigenvalue weighted by Gasteiger charge is 2.23. The molecule has 0 aliphatic rings. The summed E-state index contributed by atoms with van der Waals surface area (Å²) in [5.74, 6) is -1.39. The number of azo groups is 2. The molecule has 17 nitrogen and oxygen atoms in total. The van der Waals surface area contributed by atoms with Gasteiger partial charge < -0.3 is 10.8 Å². The summed E-state index contributed by atoms with van der Waals surface area (Å²) in [5.41, 5.74) is 5.40. The van der Waals surface area contributed by atoms with Crippen LogP contribution in [-0.2, 0) is 44.4 Å². The van der Waals surface area contributed by atoms with Crippen LogP contribution in [-0.4, -0.2) is 66.0 Å². The molecule has 0 aliphatic heterocycles. The van der Waals surface area contributed by atoms with Gasteiger partial charge in [-0.05, 0) is 66.0 Å². The average Bonchev–Trinajstić information content (AvgIpc) is 2.99. The summed E-state index contributed by atoms with van der Waals surface area (Å²) in [5, 5.41) is 26.6. The zero-order valence-corrected chi connectivity index (χ0v) is 27.3. The van der Waals surface area contributed by atoms with Gasteiger partial charge in [-0.3, -0.25) is 9.11 Å². The molecule has 0 atom stereocenters. The van der Waals surface area contributed by atoms with Gasteiger partial charge in [-0.1, -0.05) is 13.0 Å². The molecule has 4 aromatic rings. The molecule has 0 heterocycles. The molecule has 0 spiro atoms. The highest BCUT2D eigenvalue weighted by atomic mass is 32.3.